The zero-order valence-corrected chi connectivity index (χ0v) is 19.4. The van der Waals surface area contributed by atoms with E-state index in [4.69, 9.17) is 5.73 Å². The second kappa shape index (κ2) is 10.1. The number of para-hydroxylation sites is 1. The summed E-state index contributed by atoms with van der Waals surface area (Å²) in [5, 5.41) is 5.77. The molecule has 4 aromatic rings. The predicted octanol–water partition coefficient (Wildman–Crippen LogP) is 4.72. The van der Waals surface area contributed by atoms with Crippen molar-refractivity contribution < 1.29 is 31.9 Å². The van der Waals surface area contributed by atoms with Crippen molar-refractivity contribution in [1.29, 1.82) is 0 Å². The van der Waals surface area contributed by atoms with Gasteiger partial charge in [0.1, 0.15) is 18.0 Å². The van der Waals surface area contributed by atoms with Gasteiger partial charge in [-0.15, -0.1) is 0 Å². The van der Waals surface area contributed by atoms with Crippen LogP contribution in [0.1, 0.15) is 39.2 Å². The van der Waals surface area contributed by atoms with Gasteiger partial charge in [-0.3, -0.25) is 9.59 Å². The number of ether oxygens (including phenoxy) is 1. The topological polar surface area (TPSA) is 119 Å². The third-order valence-electron chi connectivity index (χ3n) is 5.59. The van der Waals surface area contributed by atoms with E-state index in [1.807, 2.05) is 0 Å². The number of hydrogen-bond acceptors (Lipinski definition) is 6. The van der Waals surface area contributed by atoms with E-state index in [1.54, 1.807) is 19.1 Å². The minimum Gasteiger partial charge on any atom is -0.491 e. The fourth-order valence-electron chi connectivity index (χ4n) is 3.72. The van der Waals surface area contributed by atoms with E-state index in [0.717, 1.165) is 13.2 Å². The van der Waals surface area contributed by atoms with Crippen molar-refractivity contribution in [2.75, 3.05) is 17.7 Å². The van der Waals surface area contributed by atoms with Gasteiger partial charge in [0.15, 0.2) is 17.4 Å². The van der Waals surface area contributed by atoms with Crippen LogP contribution in [0.25, 0.3) is 10.9 Å². The molecule has 190 valence electrons. The number of halogens is 4. The smallest absolute Gasteiger partial charge is 0.258 e. The summed E-state index contributed by atoms with van der Waals surface area (Å²) in [6.07, 6.45) is 1.25. The maximum atomic E-state index is 14.5. The third kappa shape index (κ3) is 4.85. The van der Waals surface area contributed by atoms with Crippen LogP contribution in [0.5, 0.6) is 5.75 Å². The Morgan fingerprint density at radius 2 is 1.73 bits per heavy atom. The number of hydrogen-bond donors (Lipinski definition) is 3. The van der Waals surface area contributed by atoms with Gasteiger partial charge in [-0.1, -0.05) is 12.1 Å². The van der Waals surface area contributed by atoms with Gasteiger partial charge in [-0.2, -0.15) is 4.39 Å². The van der Waals surface area contributed by atoms with Crippen LogP contribution in [-0.4, -0.2) is 28.9 Å². The van der Waals surface area contributed by atoms with Crippen LogP contribution in [0, 0.1) is 23.3 Å². The molecule has 0 radical (unpaired) electrons. The second-order valence-corrected chi connectivity index (χ2v) is 7.91. The van der Waals surface area contributed by atoms with Crippen molar-refractivity contribution in [1.82, 2.24) is 9.97 Å². The molecule has 0 saturated heterocycles. The summed E-state index contributed by atoms with van der Waals surface area (Å²) in [5.74, 6) is -8.03. The first kappa shape index (κ1) is 25.4. The Labute approximate surface area is 207 Å². The van der Waals surface area contributed by atoms with E-state index in [2.05, 4.69) is 25.3 Å². The maximum absolute atomic E-state index is 14.5. The monoisotopic (exact) mass is 513 g/mol. The molecule has 0 aliphatic carbocycles. The van der Waals surface area contributed by atoms with Crippen molar-refractivity contribution in [3.63, 3.8) is 0 Å². The minimum atomic E-state index is -1.68. The third-order valence-corrected chi connectivity index (χ3v) is 5.59. The first-order chi connectivity index (χ1) is 17.6. The number of amides is 2. The fourth-order valence-corrected chi connectivity index (χ4v) is 3.72. The Kier molecular flexibility index (Phi) is 6.92. The molecule has 8 nitrogen and oxygen atoms in total. The van der Waals surface area contributed by atoms with Crippen molar-refractivity contribution in [3.8, 4) is 5.75 Å². The Morgan fingerprint density at radius 3 is 2.43 bits per heavy atom. The van der Waals surface area contributed by atoms with Crippen LogP contribution in [0.4, 0.5) is 29.1 Å². The maximum Gasteiger partial charge on any atom is 0.258 e. The average molecular weight is 513 g/mol. The van der Waals surface area contributed by atoms with E-state index in [-0.39, 0.29) is 11.3 Å². The average Bonchev–Trinajstić information content (AvgIpc) is 2.87. The van der Waals surface area contributed by atoms with Gasteiger partial charge in [0.05, 0.1) is 35.5 Å². The highest BCUT2D eigenvalue weighted by atomic mass is 19.2. The molecule has 0 fully saturated rings. The molecular weight excluding hydrogens is 494 g/mol. The molecule has 4 N–H and O–H groups in total. The zero-order valence-electron chi connectivity index (χ0n) is 19.4. The Balaban J connectivity index is 1.61. The zero-order chi connectivity index (χ0) is 26.9. The summed E-state index contributed by atoms with van der Waals surface area (Å²) < 4.78 is 61.3. The molecule has 3 aromatic carbocycles. The molecular formula is C25H19F4N5O3. The van der Waals surface area contributed by atoms with E-state index >= 15 is 0 Å². The Hall–Kier alpha value is -4.74. The van der Waals surface area contributed by atoms with Crippen molar-refractivity contribution in [2.45, 2.75) is 13.0 Å². The van der Waals surface area contributed by atoms with Gasteiger partial charge in [0.2, 0.25) is 5.82 Å². The summed E-state index contributed by atoms with van der Waals surface area (Å²) in [5.41, 5.74) is 5.12. The molecule has 0 saturated carbocycles. The molecule has 0 bridgehead atoms. The Morgan fingerprint density at radius 1 is 0.973 bits per heavy atom. The standard InChI is InChI=1S/C25H19F4N5O3/c1-11(33-24-14-5-3-4-13(23(30)35)21(14)31-10-32-24)12-6-7-16(26)18(8-12)34-25(36)15-9-17(27)22(37-2)20(29)19(15)28/h3-11H,1-2H3,(H2,30,35)(H,34,36)(H,31,32,33)/t11-/m1/s1. The Bertz CT molecular complexity index is 1550. The van der Waals surface area contributed by atoms with Gasteiger partial charge in [0, 0.05) is 5.39 Å². The summed E-state index contributed by atoms with van der Waals surface area (Å²) >= 11 is 0. The molecule has 12 heteroatoms. The molecule has 0 unspecified atom stereocenters. The summed E-state index contributed by atoms with van der Waals surface area (Å²) in [7, 11) is 0.942. The lowest BCUT2D eigenvalue weighted by atomic mass is 10.1. The van der Waals surface area contributed by atoms with E-state index < -0.39 is 52.4 Å². The number of nitrogens with zero attached hydrogens (tertiary/aromatic N) is 2. The molecule has 0 spiro atoms. The molecule has 37 heavy (non-hydrogen) atoms. The number of primary amides is 1. The lowest BCUT2D eigenvalue weighted by Crippen LogP contribution is -2.17. The molecule has 1 heterocycles. The molecule has 0 aliphatic heterocycles. The number of carbonyl (C=O) groups excluding carboxylic acids is 2. The number of aromatic nitrogens is 2. The highest BCUT2D eigenvalue weighted by Gasteiger charge is 2.24. The number of benzene rings is 3. The highest BCUT2D eigenvalue weighted by Crippen LogP contribution is 2.30. The summed E-state index contributed by atoms with van der Waals surface area (Å²) in [6.45, 7) is 1.72. The minimum absolute atomic E-state index is 0.209. The predicted molar refractivity (Wildman–Crippen MR) is 127 cm³/mol. The quantitative estimate of drug-likeness (QED) is 0.243. The van der Waals surface area contributed by atoms with Gasteiger partial charge in [-0.05, 0) is 42.8 Å². The second-order valence-electron chi connectivity index (χ2n) is 7.91. The van der Waals surface area contributed by atoms with Gasteiger partial charge < -0.3 is 21.1 Å². The number of rotatable bonds is 7. The van der Waals surface area contributed by atoms with Crippen LogP contribution in [0.3, 0.4) is 0 Å². The number of fused-ring (bicyclic) bond motifs is 1. The van der Waals surface area contributed by atoms with Gasteiger partial charge in [0.25, 0.3) is 11.8 Å². The van der Waals surface area contributed by atoms with Crippen LogP contribution < -0.4 is 21.1 Å². The summed E-state index contributed by atoms with van der Waals surface area (Å²) in [4.78, 5) is 32.6. The van der Waals surface area contributed by atoms with Crippen LogP contribution in [0.2, 0.25) is 0 Å². The lowest BCUT2D eigenvalue weighted by Gasteiger charge is -2.18. The SMILES string of the molecule is COc1c(F)cc(C(=O)Nc2cc([C@@H](C)Nc3ncnc4c(C(N)=O)cccc34)ccc2F)c(F)c1F. The number of carbonyl (C=O) groups is 2. The van der Waals surface area contributed by atoms with Crippen LogP contribution in [-0.2, 0) is 0 Å². The number of anilines is 2. The van der Waals surface area contributed by atoms with Crippen molar-refractivity contribution in [2.24, 2.45) is 5.73 Å². The van der Waals surface area contributed by atoms with Crippen LogP contribution in [0.15, 0.2) is 48.8 Å². The largest absolute Gasteiger partial charge is 0.491 e. The van der Waals surface area contributed by atoms with Crippen molar-refractivity contribution in [3.05, 3.63) is 88.8 Å². The first-order valence-corrected chi connectivity index (χ1v) is 10.7. The number of nitrogens with one attached hydrogen (secondary N) is 2. The number of nitrogens with two attached hydrogens (primary N) is 1. The molecule has 4 rings (SSSR count). The molecule has 0 aliphatic rings. The van der Waals surface area contributed by atoms with Crippen molar-refractivity contribution >= 4 is 34.2 Å². The number of methoxy groups -OCH3 is 1. The molecule has 2 amide bonds. The lowest BCUT2D eigenvalue weighted by molar-refractivity contribution is 0.0998. The first-order valence-electron chi connectivity index (χ1n) is 10.7. The van der Waals surface area contributed by atoms with Crippen LogP contribution >= 0.6 is 0 Å². The normalized spacial score (nSPS) is 11.7. The van der Waals surface area contributed by atoms with E-state index in [0.29, 0.717) is 28.4 Å². The van der Waals surface area contributed by atoms with E-state index in [1.165, 1.54) is 24.5 Å². The van der Waals surface area contributed by atoms with E-state index in [9.17, 15) is 27.2 Å². The van der Waals surface area contributed by atoms with Gasteiger partial charge >= 0.3 is 0 Å². The molecule has 1 atom stereocenters. The highest BCUT2D eigenvalue weighted by molar-refractivity contribution is 6.07. The van der Waals surface area contributed by atoms with Gasteiger partial charge in [-0.25, -0.2) is 23.1 Å². The molecule has 1 aromatic heterocycles. The summed E-state index contributed by atoms with van der Waals surface area (Å²) in [6, 6.07) is 8.57. The fraction of sp³-hybridized carbons (Fsp3) is 0.120.